The van der Waals surface area contributed by atoms with Gasteiger partial charge in [-0.25, -0.2) is 4.79 Å². The summed E-state index contributed by atoms with van der Waals surface area (Å²) in [5.74, 6) is 0.0105. The minimum Gasteiger partial charge on any atom is -0.463 e. The SMILES string of the molecule is CN1CCN(c2ccc(NC(=O)c3cc(-c4ccco4)[nH]c(=O)n3)cc2)CC1. The Balaban J connectivity index is 1.47. The Bertz CT molecular complexity index is 1000. The number of rotatable bonds is 4. The number of anilines is 2. The van der Waals surface area contributed by atoms with Crippen molar-refractivity contribution in [2.75, 3.05) is 43.4 Å². The highest BCUT2D eigenvalue weighted by molar-refractivity contribution is 6.03. The van der Waals surface area contributed by atoms with Crippen molar-refractivity contribution in [3.63, 3.8) is 0 Å². The molecule has 0 atom stereocenters. The quantitative estimate of drug-likeness (QED) is 0.720. The van der Waals surface area contributed by atoms with Gasteiger partial charge in [-0.1, -0.05) is 0 Å². The number of nitrogens with one attached hydrogen (secondary N) is 2. The molecule has 8 heteroatoms. The molecule has 1 aliphatic heterocycles. The van der Waals surface area contributed by atoms with Crippen LogP contribution in [0.15, 0.2) is 57.9 Å². The first-order chi connectivity index (χ1) is 13.6. The largest absolute Gasteiger partial charge is 0.463 e. The molecular weight excluding hydrogens is 358 g/mol. The molecule has 0 saturated carbocycles. The van der Waals surface area contributed by atoms with Crippen LogP contribution >= 0.6 is 0 Å². The molecule has 1 aliphatic rings. The zero-order valence-corrected chi connectivity index (χ0v) is 15.5. The Morgan fingerprint density at radius 1 is 1.14 bits per heavy atom. The van der Waals surface area contributed by atoms with Gasteiger partial charge < -0.3 is 24.5 Å². The van der Waals surface area contributed by atoms with Crippen LogP contribution in [0.2, 0.25) is 0 Å². The number of aromatic amines is 1. The molecule has 8 nitrogen and oxygen atoms in total. The van der Waals surface area contributed by atoms with E-state index < -0.39 is 11.6 Å². The first-order valence-electron chi connectivity index (χ1n) is 9.09. The maximum absolute atomic E-state index is 12.5. The second kappa shape index (κ2) is 7.69. The maximum Gasteiger partial charge on any atom is 0.346 e. The minimum absolute atomic E-state index is 0.0262. The number of amides is 1. The average Bonchev–Trinajstić information content (AvgIpc) is 3.24. The van der Waals surface area contributed by atoms with Gasteiger partial charge in [0.25, 0.3) is 5.91 Å². The third kappa shape index (κ3) is 3.96. The van der Waals surface area contributed by atoms with Gasteiger partial charge in [0.05, 0.1) is 12.0 Å². The Kier molecular flexibility index (Phi) is 4.94. The van der Waals surface area contributed by atoms with Crippen molar-refractivity contribution >= 4 is 17.3 Å². The first-order valence-corrected chi connectivity index (χ1v) is 9.09. The lowest BCUT2D eigenvalue weighted by atomic mass is 10.2. The molecule has 2 N–H and O–H groups in total. The fourth-order valence-corrected chi connectivity index (χ4v) is 3.15. The summed E-state index contributed by atoms with van der Waals surface area (Å²) in [6.45, 7) is 4.03. The molecule has 144 valence electrons. The number of hydrogen-bond donors (Lipinski definition) is 2. The van der Waals surface area contributed by atoms with Crippen LogP contribution in [-0.2, 0) is 0 Å². The van der Waals surface area contributed by atoms with E-state index in [-0.39, 0.29) is 5.69 Å². The van der Waals surface area contributed by atoms with E-state index in [9.17, 15) is 9.59 Å². The second-order valence-corrected chi connectivity index (χ2v) is 6.75. The van der Waals surface area contributed by atoms with Crippen molar-refractivity contribution in [2.45, 2.75) is 0 Å². The number of nitrogens with zero attached hydrogens (tertiary/aromatic N) is 3. The van der Waals surface area contributed by atoms with E-state index in [0.29, 0.717) is 17.1 Å². The van der Waals surface area contributed by atoms with Crippen molar-refractivity contribution in [3.05, 3.63) is 64.9 Å². The molecule has 0 radical (unpaired) electrons. The van der Waals surface area contributed by atoms with E-state index in [2.05, 4.69) is 32.1 Å². The number of hydrogen-bond acceptors (Lipinski definition) is 6. The van der Waals surface area contributed by atoms with Crippen molar-refractivity contribution < 1.29 is 9.21 Å². The van der Waals surface area contributed by atoms with Gasteiger partial charge in [-0.15, -0.1) is 0 Å². The zero-order chi connectivity index (χ0) is 19.5. The van der Waals surface area contributed by atoms with Crippen LogP contribution in [0.5, 0.6) is 0 Å². The Morgan fingerprint density at radius 2 is 1.89 bits per heavy atom. The van der Waals surface area contributed by atoms with Crippen LogP contribution < -0.4 is 15.9 Å². The van der Waals surface area contributed by atoms with Crippen molar-refractivity contribution in [1.82, 2.24) is 14.9 Å². The van der Waals surface area contributed by atoms with Crippen molar-refractivity contribution in [2.24, 2.45) is 0 Å². The molecule has 1 aromatic carbocycles. The summed E-state index contributed by atoms with van der Waals surface area (Å²) in [7, 11) is 2.12. The van der Waals surface area contributed by atoms with Gasteiger partial charge in [0, 0.05) is 37.6 Å². The van der Waals surface area contributed by atoms with Gasteiger partial charge in [-0.3, -0.25) is 4.79 Å². The van der Waals surface area contributed by atoms with E-state index in [1.807, 2.05) is 24.3 Å². The average molecular weight is 379 g/mol. The Morgan fingerprint density at radius 3 is 2.57 bits per heavy atom. The standard InChI is InChI=1S/C20H21N5O3/c1-24-8-10-25(11-9-24)15-6-4-14(5-7-15)21-19(26)17-13-16(22-20(27)23-17)18-3-2-12-28-18/h2-7,12-13H,8-11H2,1H3,(H,21,26)(H,22,23,27). The molecule has 1 fully saturated rings. The summed E-state index contributed by atoms with van der Waals surface area (Å²) < 4.78 is 5.27. The summed E-state index contributed by atoms with van der Waals surface area (Å²) in [5.41, 5.74) is 1.59. The number of furan rings is 1. The third-order valence-electron chi connectivity index (χ3n) is 4.76. The summed E-state index contributed by atoms with van der Waals surface area (Å²) in [4.78, 5) is 35.3. The number of piperazine rings is 1. The molecule has 0 bridgehead atoms. The molecular formula is C20H21N5O3. The number of H-pyrrole nitrogens is 1. The molecule has 0 spiro atoms. The van der Waals surface area contributed by atoms with Crippen LogP contribution in [-0.4, -0.2) is 54.0 Å². The summed E-state index contributed by atoms with van der Waals surface area (Å²) in [6.07, 6.45) is 1.50. The number of benzene rings is 1. The highest BCUT2D eigenvalue weighted by atomic mass is 16.3. The normalized spacial score (nSPS) is 14.8. The smallest absolute Gasteiger partial charge is 0.346 e. The minimum atomic E-state index is -0.607. The molecule has 1 saturated heterocycles. The summed E-state index contributed by atoms with van der Waals surface area (Å²) in [5, 5.41) is 2.78. The zero-order valence-electron chi connectivity index (χ0n) is 15.5. The number of likely N-dealkylation sites (N-methyl/N-ethyl adjacent to an activating group) is 1. The molecule has 3 heterocycles. The van der Waals surface area contributed by atoms with Crippen LogP contribution in [0, 0.1) is 0 Å². The lowest BCUT2D eigenvalue weighted by molar-refractivity contribution is 0.102. The number of carbonyl (C=O) groups excluding carboxylic acids is 1. The first kappa shape index (κ1) is 18.0. The predicted octanol–water partition coefficient (Wildman–Crippen LogP) is 2.03. The summed E-state index contributed by atoms with van der Waals surface area (Å²) in [6, 6.07) is 12.6. The molecule has 4 rings (SSSR count). The van der Waals surface area contributed by atoms with Crippen molar-refractivity contribution in [3.8, 4) is 11.5 Å². The molecule has 0 unspecified atom stereocenters. The van der Waals surface area contributed by atoms with E-state index in [4.69, 9.17) is 4.42 Å². The van der Waals surface area contributed by atoms with E-state index >= 15 is 0 Å². The molecule has 28 heavy (non-hydrogen) atoms. The fraction of sp³-hybridized carbons (Fsp3) is 0.250. The van der Waals surface area contributed by atoms with Crippen molar-refractivity contribution in [1.29, 1.82) is 0 Å². The molecule has 2 aromatic heterocycles. The topological polar surface area (TPSA) is 94.5 Å². The van der Waals surface area contributed by atoms with Gasteiger partial charge in [0.1, 0.15) is 11.5 Å². The van der Waals surface area contributed by atoms with Crippen LogP contribution in [0.4, 0.5) is 11.4 Å². The lowest BCUT2D eigenvalue weighted by Crippen LogP contribution is -2.44. The molecule has 3 aromatic rings. The monoisotopic (exact) mass is 379 g/mol. The second-order valence-electron chi connectivity index (χ2n) is 6.75. The maximum atomic E-state index is 12.5. The lowest BCUT2D eigenvalue weighted by Gasteiger charge is -2.34. The summed E-state index contributed by atoms with van der Waals surface area (Å²) >= 11 is 0. The van der Waals surface area contributed by atoms with Gasteiger partial charge >= 0.3 is 5.69 Å². The third-order valence-corrected chi connectivity index (χ3v) is 4.76. The number of aromatic nitrogens is 2. The number of carbonyl (C=O) groups is 1. The highest BCUT2D eigenvalue weighted by Crippen LogP contribution is 2.20. The van der Waals surface area contributed by atoms with E-state index in [1.165, 1.54) is 12.3 Å². The predicted molar refractivity (Wildman–Crippen MR) is 107 cm³/mol. The highest BCUT2D eigenvalue weighted by Gasteiger charge is 2.15. The van der Waals surface area contributed by atoms with E-state index in [1.54, 1.807) is 12.1 Å². The van der Waals surface area contributed by atoms with Gasteiger partial charge in [-0.2, -0.15) is 4.98 Å². The Hall–Kier alpha value is -3.39. The van der Waals surface area contributed by atoms with Crippen LogP contribution in [0.3, 0.4) is 0 Å². The van der Waals surface area contributed by atoms with Crippen LogP contribution in [0.25, 0.3) is 11.5 Å². The van der Waals surface area contributed by atoms with Gasteiger partial charge in [0.2, 0.25) is 0 Å². The molecule has 1 amide bonds. The van der Waals surface area contributed by atoms with E-state index in [0.717, 1.165) is 31.9 Å². The fourth-order valence-electron chi connectivity index (χ4n) is 3.15. The molecule has 0 aliphatic carbocycles. The van der Waals surface area contributed by atoms with Gasteiger partial charge in [-0.05, 0) is 49.5 Å². The van der Waals surface area contributed by atoms with Crippen LogP contribution in [0.1, 0.15) is 10.5 Å². The Labute approximate surface area is 161 Å². The van der Waals surface area contributed by atoms with Gasteiger partial charge in [0.15, 0.2) is 0 Å².